The van der Waals surface area contributed by atoms with E-state index in [4.69, 9.17) is 12.2 Å². The molecule has 0 spiro atoms. The minimum Gasteiger partial charge on any atom is -0.332 e. The Labute approximate surface area is 139 Å². The van der Waals surface area contributed by atoms with Crippen molar-refractivity contribution in [2.75, 3.05) is 10.6 Å². The molecule has 7 heteroatoms. The zero-order valence-corrected chi connectivity index (χ0v) is 13.9. The Morgan fingerprint density at radius 2 is 1.68 bits per heavy atom. The Hall–Kier alpha value is -1.60. The molecule has 116 valence electrons. The van der Waals surface area contributed by atoms with Crippen LogP contribution in [0.1, 0.15) is 11.1 Å². The molecule has 22 heavy (non-hydrogen) atoms. The molecule has 0 aliphatic carbocycles. The van der Waals surface area contributed by atoms with Gasteiger partial charge in [-0.2, -0.15) is 13.2 Å². The molecule has 0 aliphatic heterocycles. The second-order valence-electron chi connectivity index (χ2n) is 4.61. The van der Waals surface area contributed by atoms with Gasteiger partial charge in [0.2, 0.25) is 0 Å². The van der Waals surface area contributed by atoms with Crippen LogP contribution in [0.25, 0.3) is 0 Å². The molecule has 0 saturated carbocycles. The first-order valence-electron chi connectivity index (χ1n) is 6.27. The van der Waals surface area contributed by atoms with E-state index in [1.807, 2.05) is 25.1 Å². The topological polar surface area (TPSA) is 24.1 Å². The van der Waals surface area contributed by atoms with Crippen molar-refractivity contribution in [2.45, 2.75) is 13.1 Å². The second kappa shape index (κ2) is 6.66. The zero-order valence-electron chi connectivity index (χ0n) is 11.5. The predicted octanol–water partition coefficient (Wildman–Crippen LogP) is 5.59. The van der Waals surface area contributed by atoms with Gasteiger partial charge in [-0.05, 0) is 67.2 Å². The molecular weight excluding hydrogens is 377 g/mol. The van der Waals surface area contributed by atoms with E-state index in [-0.39, 0.29) is 0 Å². The van der Waals surface area contributed by atoms with Gasteiger partial charge in [0, 0.05) is 15.8 Å². The third-order valence-electron chi connectivity index (χ3n) is 2.91. The molecule has 0 bridgehead atoms. The highest BCUT2D eigenvalue weighted by molar-refractivity contribution is 9.10. The summed E-state index contributed by atoms with van der Waals surface area (Å²) in [4.78, 5) is 0. The maximum absolute atomic E-state index is 12.5. The molecule has 0 fully saturated rings. The van der Waals surface area contributed by atoms with Gasteiger partial charge >= 0.3 is 6.18 Å². The van der Waals surface area contributed by atoms with Gasteiger partial charge in [-0.15, -0.1) is 0 Å². The Kier molecular flexibility index (Phi) is 5.08. The van der Waals surface area contributed by atoms with Gasteiger partial charge in [-0.25, -0.2) is 0 Å². The van der Waals surface area contributed by atoms with Crippen molar-refractivity contribution in [1.82, 2.24) is 0 Å². The first-order chi connectivity index (χ1) is 10.3. The summed E-state index contributed by atoms with van der Waals surface area (Å²) in [7, 11) is 0. The number of hydrogen-bond donors (Lipinski definition) is 2. The lowest BCUT2D eigenvalue weighted by molar-refractivity contribution is -0.137. The maximum Gasteiger partial charge on any atom is 0.416 e. The van der Waals surface area contributed by atoms with Gasteiger partial charge in [0.25, 0.3) is 0 Å². The molecule has 0 atom stereocenters. The Morgan fingerprint density at radius 3 is 2.23 bits per heavy atom. The molecule has 2 aromatic rings. The molecule has 2 aromatic carbocycles. The summed E-state index contributed by atoms with van der Waals surface area (Å²) in [5, 5.41) is 6.17. The van der Waals surface area contributed by atoms with Crippen LogP contribution in [0.3, 0.4) is 0 Å². The van der Waals surface area contributed by atoms with Crippen LogP contribution in [0, 0.1) is 6.92 Å². The quantitative estimate of drug-likeness (QED) is 0.656. The van der Waals surface area contributed by atoms with Gasteiger partial charge in [0.1, 0.15) is 0 Å². The van der Waals surface area contributed by atoms with E-state index < -0.39 is 11.7 Å². The van der Waals surface area contributed by atoms with E-state index in [1.54, 1.807) is 0 Å². The molecule has 0 aliphatic rings. The van der Waals surface area contributed by atoms with E-state index in [2.05, 4.69) is 26.6 Å². The molecule has 0 amide bonds. The number of thiocarbonyl (C=S) groups is 1. The molecule has 2 N–H and O–H groups in total. The first kappa shape index (κ1) is 16.8. The fraction of sp³-hybridized carbons (Fsp3) is 0.133. The van der Waals surface area contributed by atoms with E-state index >= 15 is 0 Å². The summed E-state index contributed by atoms with van der Waals surface area (Å²) in [6.45, 7) is 1.92. The Balaban J connectivity index is 2.03. The van der Waals surface area contributed by atoms with Crippen molar-refractivity contribution in [3.8, 4) is 0 Å². The van der Waals surface area contributed by atoms with Crippen molar-refractivity contribution in [2.24, 2.45) is 0 Å². The highest BCUT2D eigenvalue weighted by Gasteiger charge is 2.29. The summed E-state index contributed by atoms with van der Waals surface area (Å²) in [6, 6.07) is 10.4. The van der Waals surface area contributed by atoms with Crippen molar-refractivity contribution >= 4 is 44.6 Å². The fourth-order valence-corrected chi connectivity index (χ4v) is 2.50. The molecule has 0 radical (unpaired) electrons. The number of anilines is 2. The number of benzene rings is 2. The van der Waals surface area contributed by atoms with Crippen molar-refractivity contribution in [3.63, 3.8) is 0 Å². The second-order valence-corrected chi connectivity index (χ2v) is 5.94. The van der Waals surface area contributed by atoms with Crippen LogP contribution in [0.15, 0.2) is 46.9 Å². The van der Waals surface area contributed by atoms with E-state index in [9.17, 15) is 13.2 Å². The zero-order chi connectivity index (χ0) is 16.3. The lowest BCUT2D eigenvalue weighted by atomic mass is 10.2. The SMILES string of the molecule is Cc1cc(Br)ccc1NC(=S)Nc1ccc(C(F)(F)F)cc1. The van der Waals surface area contributed by atoms with Crippen molar-refractivity contribution in [3.05, 3.63) is 58.1 Å². The van der Waals surface area contributed by atoms with Crippen LogP contribution in [0.2, 0.25) is 0 Å². The molecule has 0 unspecified atom stereocenters. The molecule has 0 aromatic heterocycles. The molecule has 0 saturated heterocycles. The molecule has 2 rings (SSSR count). The average molecular weight is 389 g/mol. The lowest BCUT2D eigenvalue weighted by Gasteiger charge is -2.13. The third kappa shape index (κ3) is 4.45. The van der Waals surface area contributed by atoms with Gasteiger partial charge < -0.3 is 10.6 Å². The average Bonchev–Trinajstić information content (AvgIpc) is 2.41. The summed E-state index contributed by atoms with van der Waals surface area (Å²) in [5.41, 5.74) is 1.61. The highest BCUT2D eigenvalue weighted by atomic mass is 79.9. The van der Waals surface area contributed by atoms with E-state index in [1.165, 1.54) is 12.1 Å². The van der Waals surface area contributed by atoms with Gasteiger partial charge in [0.05, 0.1) is 5.56 Å². The normalized spacial score (nSPS) is 11.1. The molecule has 0 heterocycles. The van der Waals surface area contributed by atoms with Gasteiger partial charge in [0.15, 0.2) is 5.11 Å². The summed E-state index contributed by atoms with van der Waals surface area (Å²) in [6.07, 6.45) is -4.34. The lowest BCUT2D eigenvalue weighted by Crippen LogP contribution is -2.19. The Bertz CT molecular complexity index is 684. The van der Waals surface area contributed by atoms with Gasteiger partial charge in [-0.1, -0.05) is 15.9 Å². The Morgan fingerprint density at radius 1 is 1.05 bits per heavy atom. The highest BCUT2D eigenvalue weighted by Crippen LogP contribution is 2.29. The summed E-state index contributed by atoms with van der Waals surface area (Å²) < 4.78 is 38.4. The van der Waals surface area contributed by atoms with Crippen molar-refractivity contribution in [1.29, 1.82) is 0 Å². The minimum atomic E-state index is -4.34. The summed E-state index contributed by atoms with van der Waals surface area (Å²) >= 11 is 8.53. The number of nitrogens with one attached hydrogen (secondary N) is 2. The smallest absolute Gasteiger partial charge is 0.332 e. The van der Waals surface area contributed by atoms with Crippen LogP contribution in [0.4, 0.5) is 24.5 Å². The number of alkyl halides is 3. The number of hydrogen-bond acceptors (Lipinski definition) is 1. The number of halogens is 4. The maximum atomic E-state index is 12.5. The van der Waals surface area contributed by atoms with Crippen molar-refractivity contribution < 1.29 is 13.2 Å². The number of aryl methyl sites for hydroxylation is 1. The fourth-order valence-electron chi connectivity index (χ4n) is 1.79. The van der Waals surface area contributed by atoms with E-state index in [0.717, 1.165) is 27.9 Å². The van der Waals surface area contributed by atoms with E-state index in [0.29, 0.717) is 10.8 Å². The van der Waals surface area contributed by atoms with Crippen LogP contribution < -0.4 is 10.6 Å². The van der Waals surface area contributed by atoms with Crippen LogP contribution in [-0.4, -0.2) is 5.11 Å². The van der Waals surface area contributed by atoms with Crippen LogP contribution in [0.5, 0.6) is 0 Å². The molecule has 2 nitrogen and oxygen atoms in total. The molecular formula is C15H12BrF3N2S. The third-order valence-corrected chi connectivity index (χ3v) is 3.60. The van der Waals surface area contributed by atoms with Gasteiger partial charge in [-0.3, -0.25) is 0 Å². The standard InChI is InChI=1S/C15H12BrF3N2S/c1-9-8-11(16)4-7-13(9)21-14(22)20-12-5-2-10(3-6-12)15(17,18)19/h2-8H,1H3,(H2,20,21,22). The monoisotopic (exact) mass is 388 g/mol. The first-order valence-corrected chi connectivity index (χ1v) is 7.47. The predicted molar refractivity (Wildman–Crippen MR) is 90.2 cm³/mol. The van der Waals surface area contributed by atoms with Crippen LogP contribution >= 0.6 is 28.1 Å². The number of rotatable bonds is 2. The summed E-state index contributed by atoms with van der Waals surface area (Å²) in [5.74, 6) is 0. The van der Waals surface area contributed by atoms with Crippen LogP contribution in [-0.2, 0) is 6.18 Å². The minimum absolute atomic E-state index is 0.310. The largest absolute Gasteiger partial charge is 0.416 e.